The van der Waals surface area contributed by atoms with Gasteiger partial charge in [-0.05, 0) is 19.8 Å². The topological polar surface area (TPSA) is 26.0 Å². The normalized spacial score (nSPS) is 17.6. The van der Waals surface area contributed by atoms with E-state index in [4.69, 9.17) is 5.73 Å². The molecule has 0 aliphatic heterocycles. The second-order valence-corrected chi connectivity index (χ2v) is 3.07. The third-order valence-corrected chi connectivity index (χ3v) is 1.52. The van der Waals surface area contributed by atoms with E-state index < -0.39 is 0 Å². The maximum Gasteiger partial charge on any atom is 0.0310 e. The molecule has 0 heterocycles. The van der Waals surface area contributed by atoms with Crippen molar-refractivity contribution in [2.45, 2.75) is 45.6 Å². The highest BCUT2D eigenvalue weighted by Gasteiger charge is 2.10. The predicted octanol–water partition coefficient (Wildman–Crippen LogP) is 2.47. The first-order valence-corrected chi connectivity index (χ1v) is 4.09. The zero-order chi connectivity index (χ0) is 8.04. The monoisotopic (exact) mass is 141 g/mol. The van der Waals surface area contributed by atoms with Crippen molar-refractivity contribution in [3.63, 3.8) is 0 Å². The molecule has 10 heavy (non-hydrogen) atoms. The summed E-state index contributed by atoms with van der Waals surface area (Å²) < 4.78 is 0. The second kappa shape index (κ2) is 4.51. The Hall–Kier alpha value is -0.300. The molecule has 2 N–H and O–H groups in total. The van der Waals surface area contributed by atoms with Gasteiger partial charge in [0.05, 0.1) is 0 Å². The highest BCUT2D eigenvalue weighted by molar-refractivity contribution is 5.00. The average molecular weight is 141 g/mol. The van der Waals surface area contributed by atoms with E-state index in [1.165, 1.54) is 0 Å². The van der Waals surface area contributed by atoms with Crippen LogP contribution in [0.1, 0.15) is 40.0 Å². The van der Waals surface area contributed by atoms with Crippen LogP contribution < -0.4 is 5.73 Å². The summed E-state index contributed by atoms with van der Waals surface area (Å²) in [6.07, 6.45) is 7.55. The largest absolute Gasteiger partial charge is 0.322 e. The van der Waals surface area contributed by atoms with Gasteiger partial charge in [0.25, 0.3) is 0 Å². The Balaban J connectivity index is 3.73. The van der Waals surface area contributed by atoms with Gasteiger partial charge in [0.15, 0.2) is 0 Å². The molecule has 0 spiro atoms. The van der Waals surface area contributed by atoms with Crippen LogP contribution in [-0.2, 0) is 0 Å². The summed E-state index contributed by atoms with van der Waals surface area (Å²) in [4.78, 5) is 0. The van der Waals surface area contributed by atoms with Crippen molar-refractivity contribution in [3.8, 4) is 0 Å². The van der Waals surface area contributed by atoms with Crippen LogP contribution in [-0.4, -0.2) is 5.54 Å². The van der Waals surface area contributed by atoms with E-state index in [1.807, 2.05) is 0 Å². The van der Waals surface area contributed by atoms with Gasteiger partial charge in [-0.1, -0.05) is 32.4 Å². The summed E-state index contributed by atoms with van der Waals surface area (Å²) in [5, 5.41) is 0. The lowest BCUT2D eigenvalue weighted by atomic mass is 9.97. The number of nitrogens with two attached hydrogens (primary N) is 1. The van der Waals surface area contributed by atoms with Crippen molar-refractivity contribution >= 4 is 0 Å². The fraction of sp³-hybridized carbons (Fsp3) is 0.778. The van der Waals surface area contributed by atoms with E-state index in [-0.39, 0.29) is 5.54 Å². The van der Waals surface area contributed by atoms with Gasteiger partial charge in [-0.25, -0.2) is 0 Å². The zero-order valence-corrected chi connectivity index (χ0v) is 7.35. The van der Waals surface area contributed by atoms with Crippen molar-refractivity contribution in [2.75, 3.05) is 0 Å². The molecule has 1 atom stereocenters. The molecule has 0 radical (unpaired) electrons. The van der Waals surface area contributed by atoms with Crippen LogP contribution in [0.3, 0.4) is 0 Å². The molecule has 60 valence electrons. The third-order valence-electron chi connectivity index (χ3n) is 1.52. The Morgan fingerprint density at radius 1 is 1.40 bits per heavy atom. The maximum atomic E-state index is 5.93. The molecule has 0 bridgehead atoms. The van der Waals surface area contributed by atoms with E-state index in [0.717, 1.165) is 19.3 Å². The predicted molar refractivity (Wildman–Crippen MR) is 46.9 cm³/mol. The maximum absolute atomic E-state index is 5.93. The van der Waals surface area contributed by atoms with Crippen LogP contribution in [0.2, 0.25) is 0 Å². The summed E-state index contributed by atoms with van der Waals surface area (Å²) in [6.45, 7) is 6.35. The van der Waals surface area contributed by atoms with Crippen molar-refractivity contribution in [1.29, 1.82) is 0 Å². The first-order chi connectivity index (χ1) is 4.62. The Morgan fingerprint density at radius 3 is 2.40 bits per heavy atom. The second-order valence-electron chi connectivity index (χ2n) is 3.07. The molecule has 1 unspecified atom stereocenters. The number of rotatable bonds is 4. The first kappa shape index (κ1) is 9.70. The molecule has 0 aromatic rings. The first-order valence-electron chi connectivity index (χ1n) is 4.09. The molecule has 0 saturated carbocycles. The molecular formula is C9H19N. The minimum absolute atomic E-state index is 0.0786. The van der Waals surface area contributed by atoms with Gasteiger partial charge in [-0.2, -0.15) is 0 Å². The minimum Gasteiger partial charge on any atom is -0.322 e. The van der Waals surface area contributed by atoms with Crippen molar-refractivity contribution in [1.82, 2.24) is 0 Å². The molecule has 0 rings (SSSR count). The average Bonchev–Trinajstić information content (AvgIpc) is 1.84. The molecule has 0 fully saturated rings. The summed E-state index contributed by atoms with van der Waals surface area (Å²) >= 11 is 0. The molecule has 0 saturated heterocycles. The van der Waals surface area contributed by atoms with Crippen LogP contribution in [0.4, 0.5) is 0 Å². The van der Waals surface area contributed by atoms with Crippen LogP contribution in [0.15, 0.2) is 12.2 Å². The molecule has 1 heteroatoms. The van der Waals surface area contributed by atoms with Gasteiger partial charge in [-0.15, -0.1) is 0 Å². The number of hydrogen-bond donors (Lipinski definition) is 1. The molecule has 0 aliphatic carbocycles. The van der Waals surface area contributed by atoms with Crippen molar-refractivity contribution in [2.24, 2.45) is 5.73 Å². The number of allylic oxidation sites excluding steroid dienone is 1. The van der Waals surface area contributed by atoms with E-state index in [9.17, 15) is 0 Å². The standard InChI is InChI=1S/C9H19N/c1-4-6-8-9(3,10)7-5-2/h6,8H,4-5,7,10H2,1-3H3/b8-6-. The lowest BCUT2D eigenvalue weighted by molar-refractivity contribution is 0.524. The van der Waals surface area contributed by atoms with Gasteiger partial charge >= 0.3 is 0 Å². The highest BCUT2D eigenvalue weighted by atomic mass is 14.7. The van der Waals surface area contributed by atoms with Crippen molar-refractivity contribution in [3.05, 3.63) is 12.2 Å². The van der Waals surface area contributed by atoms with Crippen LogP contribution in [0.25, 0.3) is 0 Å². The van der Waals surface area contributed by atoms with E-state index >= 15 is 0 Å². The quantitative estimate of drug-likeness (QED) is 0.598. The van der Waals surface area contributed by atoms with E-state index in [0.29, 0.717) is 0 Å². The van der Waals surface area contributed by atoms with Crippen LogP contribution in [0, 0.1) is 0 Å². The SMILES string of the molecule is CC/C=C\C(C)(N)CCC. The summed E-state index contributed by atoms with van der Waals surface area (Å²) in [6, 6.07) is 0. The molecule has 0 aromatic heterocycles. The third kappa shape index (κ3) is 4.57. The highest BCUT2D eigenvalue weighted by Crippen LogP contribution is 2.09. The van der Waals surface area contributed by atoms with Crippen molar-refractivity contribution < 1.29 is 0 Å². The van der Waals surface area contributed by atoms with Crippen LogP contribution in [0.5, 0.6) is 0 Å². The fourth-order valence-electron chi connectivity index (χ4n) is 1.01. The molecule has 0 aliphatic rings. The van der Waals surface area contributed by atoms with E-state index in [2.05, 4.69) is 32.9 Å². The van der Waals surface area contributed by atoms with Gasteiger partial charge in [0, 0.05) is 5.54 Å². The number of hydrogen-bond acceptors (Lipinski definition) is 1. The van der Waals surface area contributed by atoms with Gasteiger partial charge in [0.1, 0.15) is 0 Å². The molecule has 1 nitrogen and oxygen atoms in total. The van der Waals surface area contributed by atoms with Gasteiger partial charge < -0.3 is 5.73 Å². The lowest BCUT2D eigenvalue weighted by Crippen LogP contribution is -2.33. The molecular weight excluding hydrogens is 122 g/mol. The Labute approximate surface area is 64.3 Å². The summed E-state index contributed by atoms with van der Waals surface area (Å²) in [7, 11) is 0. The molecule has 0 aromatic carbocycles. The summed E-state index contributed by atoms with van der Waals surface area (Å²) in [5.74, 6) is 0. The minimum atomic E-state index is -0.0786. The summed E-state index contributed by atoms with van der Waals surface area (Å²) in [5.41, 5.74) is 5.85. The van der Waals surface area contributed by atoms with Gasteiger partial charge in [0.2, 0.25) is 0 Å². The molecule has 0 amide bonds. The van der Waals surface area contributed by atoms with E-state index in [1.54, 1.807) is 0 Å². The smallest absolute Gasteiger partial charge is 0.0310 e. The Bertz CT molecular complexity index is 103. The van der Waals surface area contributed by atoms with Crippen LogP contribution >= 0.6 is 0 Å². The fourth-order valence-corrected chi connectivity index (χ4v) is 1.01. The Kier molecular flexibility index (Phi) is 4.37. The Morgan fingerprint density at radius 2 is 2.00 bits per heavy atom. The lowest BCUT2D eigenvalue weighted by Gasteiger charge is -2.18. The zero-order valence-electron chi connectivity index (χ0n) is 7.35. The van der Waals surface area contributed by atoms with Gasteiger partial charge in [-0.3, -0.25) is 0 Å².